The highest BCUT2D eigenvalue weighted by molar-refractivity contribution is 6.00. The molecule has 2 unspecified atom stereocenters. The van der Waals surface area contributed by atoms with E-state index in [-0.39, 0.29) is 23.9 Å². The fourth-order valence-electron chi connectivity index (χ4n) is 3.44. The zero-order chi connectivity index (χ0) is 18.8. The minimum atomic E-state index is -0.912. The van der Waals surface area contributed by atoms with Crippen molar-refractivity contribution in [3.63, 3.8) is 0 Å². The average molecular weight is 362 g/mol. The average Bonchev–Trinajstić information content (AvgIpc) is 2.60. The molecule has 2 heterocycles. The van der Waals surface area contributed by atoms with Crippen molar-refractivity contribution in [2.75, 3.05) is 18.4 Å². The first-order valence-electron chi connectivity index (χ1n) is 8.93. The molecule has 1 fully saturated rings. The van der Waals surface area contributed by atoms with Gasteiger partial charge in [0.2, 0.25) is 5.91 Å². The first-order valence-corrected chi connectivity index (χ1v) is 8.93. The highest BCUT2D eigenvalue weighted by atomic mass is 19.1. The molecule has 2 aliphatic rings. The Morgan fingerprint density at radius 1 is 1.31 bits per heavy atom. The normalized spacial score (nSPS) is 21.6. The van der Waals surface area contributed by atoms with E-state index in [4.69, 9.17) is 4.74 Å². The maximum absolute atomic E-state index is 13.4. The third-order valence-corrected chi connectivity index (χ3v) is 5.07. The molecule has 0 aromatic heterocycles. The van der Waals surface area contributed by atoms with Gasteiger partial charge in [0.25, 0.3) is 5.91 Å². The second-order valence-corrected chi connectivity index (χ2v) is 7.12. The number of rotatable bonds is 3. The quantitative estimate of drug-likeness (QED) is 0.838. The molecule has 1 saturated heterocycles. The number of carbonyl (C=O) groups excluding carboxylic acids is 3. The summed E-state index contributed by atoms with van der Waals surface area (Å²) in [5.74, 6) is -1.98. The second kappa shape index (κ2) is 7.43. The van der Waals surface area contributed by atoms with E-state index < -0.39 is 23.8 Å². The van der Waals surface area contributed by atoms with Crippen LogP contribution in [-0.2, 0) is 19.1 Å². The number of halogens is 1. The van der Waals surface area contributed by atoms with Crippen molar-refractivity contribution in [2.24, 2.45) is 5.92 Å². The molecule has 1 aromatic rings. The number of nitrogens with zero attached hydrogens (tertiary/aromatic N) is 1. The minimum Gasteiger partial charge on any atom is -0.452 e. The molecule has 0 saturated carbocycles. The Morgan fingerprint density at radius 3 is 2.69 bits per heavy atom. The van der Waals surface area contributed by atoms with Gasteiger partial charge < -0.3 is 15.0 Å². The molecule has 7 heteroatoms. The van der Waals surface area contributed by atoms with Crippen molar-refractivity contribution in [3.05, 3.63) is 29.6 Å². The van der Waals surface area contributed by atoms with E-state index in [2.05, 4.69) is 12.2 Å². The van der Waals surface area contributed by atoms with Gasteiger partial charge in [0, 0.05) is 25.2 Å². The molecule has 6 nitrogen and oxygen atoms in total. The van der Waals surface area contributed by atoms with Crippen molar-refractivity contribution >= 4 is 23.5 Å². The van der Waals surface area contributed by atoms with Crippen LogP contribution in [-0.4, -0.2) is 41.9 Å². The summed E-state index contributed by atoms with van der Waals surface area (Å²) in [5.41, 5.74) is 0.773. The largest absolute Gasteiger partial charge is 0.452 e. The van der Waals surface area contributed by atoms with Crippen LogP contribution in [0.25, 0.3) is 0 Å². The van der Waals surface area contributed by atoms with Gasteiger partial charge >= 0.3 is 5.97 Å². The monoisotopic (exact) mass is 362 g/mol. The molecular formula is C19H23FN2O4. The van der Waals surface area contributed by atoms with Gasteiger partial charge in [-0.3, -0.25) is 14.4 Å². The molecule has 0 bridgehead atoms. The lowest BCUT2D eigenvalue weighted by molar-refractivity contribution is -0.161. The van der Waals surface area contributed by atoms with Crippen LogP contribution in [0.1, 0.15) is 44.6 Å². The second-order valence-electron chi connectivity index (χ2n) is 7.12. The van der Waals surface area contributed by atoms with Gasteiger partial charge in [-0.05, 0) is 43.4 Å². The van der Waals surface area contributed by atoms with E-state index in [1.165, 1.54) is 18.2 Å². The fraction of sp³-hybridized carbons (Fsp3) is 0.526. The van der Waals surface area contributed by atoms with Gasteiger partial charge in [-0.2, -0.15) is 0 Å². The minimum absolute atomic E-state index is 0.0837. The van der Waals surface area contributed by atoms with E-state index >= 15 is 0 Å². The summed E-state index contributed by atoms with van der Waals surface area (Å²) in [7, 11) is 0. The smallest absolute Gasteiger partial charge is 0.314 e. The molecule has 0 radical (unpaired) electrons. The predicted octanol–water partition coefficient (Wildman–Crippen LogP) is 2.44. The number of amides is 2. The molecule has 2 atom stereocenters. The molecule has 1 aromatic carbocycles. The SMILES string of the molecule is CC1CCN(C(=O)C(C)OC(=O)C2CC(=O)Nc3cc(F)ccc32)CC1. The number of likely N-dealkylation sites (tertiary alicyclic amines) is 1. The summed E-state index contributed by atoms with van der Waals surface area (Å²) in [6, 6.07) is 3.88. The summed E-state index contributed by atoms with van der Waals surface area (Å²) in [4.78, 5) is 38.6. The van der Waals surface area contributed by atoms with Crippen LogP contribution in [0.3, 0.4) is 0 Å². The predicted molar refractivity (Wildman–Crippen MR) is 92.9 cm³/mol. The molecule has 0 spiro atoms. The number of hydrogen-bond donors (Lipinski definition) is 1. The van der Waals surface area contributed by atoms with Crippen LogP contribution in [0.5, 0.6) is 0 Å². The lowest BCUT2D eigenvalue weighted by Gasteiger charge is -2.32. The standard InChI is InChI=1S/C19H23FN2O4/c1-11-5-7-22(8-6-11)18(24)12(2)26-19(25)15-10-17(23)21-16-9-13(20)3-4-14(15)16/h3-4,9,11-12,15H,5-8,10H2,1-2H3,(H,21,23). The van der Waals surface area contributed by atoms with Crippen molar-refractivity contribution < 1.29 is 23.5 Å². The number of fused-ring (bicyclic) bond motifs is 1. The van der Waals surface area contributed by atoms with Crippen molar-refractivity contribution in [1.29, 1.82) is 0 Å². The maximum Gasteiger partial charge on any atom is 0.314 e. The van der Waals surface area contributed by atoms with E-state index in [1.54, 1.807) is 11.8 Å². The van der Waals surface area contributed by atoms with Crippen LogP contribution in [0.4, 0.5) is 10.1 Å². The number of ether oxygens (including phenoxy) is 1. The number of benzene rings is 1. The summed E-state index contributed by atoms with van der Waals surface area (Å²) in [6.45, 7) is 5.03. The third kappa shape index (κ3) is 3.86. The topological polar surface area (TPSA) is 75.7 Å². The van der Waals surface area contributed by atoms with E-state index in [9.17, 15) is 18.8 Å². The van der Waals surface area contributed by atoms with Gasteiger partial charge in [-0.15, -0.1) is 0 Å². The first-order chi connectivity index (χ1) is 12.3. The Labute approximate surface area is 151 Å². The molecular weight excluding hydrogens is 339 g/mol. The van der Waals surface area contributed by atoms with Crippen LogP contribution in [0.15, 0.2) is 18.2 Å². The highest BCUT2D eigenvalue weighted by Crippen LogP contribution is 2.34. The fourth-order valence-corrected chi connectivity index (χ4v) is 3.44. The molecule has 1 N–H and O–H groups in total. The van der Waals surface area contributed by atoms with Gasteiger partial charge in [-0.1, -0.05) is 13.0 Å². The molecule has 3 rings (SSSR count). The van der Waals surface area contributed by atoms with Crippen LogP contribution in [0.2, 0.25) is 0 Å². The van der Waals surface area contributed by atoms with Crippen LogP contribution < -0.4 is 5.32 Å². The lowest BCUT2D eigenvalue weighted by atomic mass is 9.90. The van der Waals surface area contributed by atoms with Crippen molar-refractivity contribution in [2.45, 2.75) is 45.1 Å². The van der Waals surface area contributed by atoms with Gasteiger partial charge in [0.1, 0.15) is 5.82 Å². The van der Waals surface area contributed by atoms with E-state index in [1.807, 2.05) is 0 Å². The summed E-state index contributed by atoms with van der Waals surface area (Å²) in [6.07, 6.45) is 0.881. The molecule has 0 aliphatic carbocycles. The lowest BCUT2D eigenvalue weighted by Crippen LogP contribution is -2.44. The Bertz CT molecular complexity index is 728. The van der Waals surface area contributed by atoms with Crippen molar-refractivity contribution in [1.82, 2.24) is 4.90 Å². The van der Waals surface area contributed by atoms with E-state index in [0.29, 0.717) is 24.6 Å². The molecule has 2 aliphatic heterocycles. The van der Waals surface area contributed by atoms with E-state index in [0.717, 1.165) is 12.8 Å². The molecule has 140 valence electrons. The number of hydrogen-bond acceptors (Lipinski definition) is 4. The van der Waals surface area contributed by atoms with Crippen molar-refractivity contribution in [3.8, 4) is 0 Å². The van der Waals surface area contributed by atoms with Gasteiger partial charge in [0.05, 0.1) is 5.92 Å². The van der Waals surface area contributed by atoms with Gasteiger partial charge in [-0.25, -0.2) is 4.39 Å². The number of nitrogens with one attached hydrogen (secondary N) is 1. The number of esters is 1. The van der Waals surface area contributed by atoms with Crippen LogP contribution in [0, 0.1) is 11.7 Å². The maximum atomic E-state index is 13.4. The molecule has 2 amide bonds. The molecule has 26 heavy (non-hydrogen) atoms. The third-order valence-electron chi connectivity index (χ3n) is 5.07. The van der Waals surface area contributed by atoms with Crippen LogP contribution >= 0.6 is 0 Å². The van der Waals surface area contributed by atoms with Gasteiger partial charge in [0.15, 0.2) is 6.10 Å². The Morgan fingerprint density at radius 2 is 2.00 bits per heavy atom. The summed E-state index contributed by atoms with van der Waals surface area (Å²) in [5, 5.41) is 2.56. The summed E-state index contributed by atoms with van der Waals surface area (Å²) < 4.78 is 18.7. The number of anilines is 1. The Hall–Kier alpha value is -2.44. The highest BCUT2D eigenvalue weighted by Gasteiger charge is 2.35. The Kier molecular flexibility index (Phi) is 5.25. The number of carbonyl (C=O) groups is 3. The Balaban J connectivity index is 1.68. The number of piperidine rings is 1. The summed E-state index contributed by atoms with van der Waals surface area (Å²) >= 11 is 0. The zero-order valence-corrected chi connectivity index (χ0v) is 15.0. The zero-order valence-electron chi connectivity index (χ0n) is 15.0. The first kappa shape index (κ1) is 18.4.